The van der Waals surface area contributed by atoms with Crippen molar-refractivity contribution in [2.24, 2.45) is 0 Å². The summed E-state index contributed by atoms with van der Waals surface area (Å²) in [5.41, 5.74) is 0.853. The molecular formula is C14H10Cl2N4O. The predicted octanol–water partition coefficient (Wildman–Crippen LogP) is 3.55. The van der Waals surface area contributed by atoms with Gasteiger partial charge in [-0.25, -0.2) is 0 Å². The SMILES string of the molecule is Clc1cccc(Cl)c1OCc1nnnn1-c1ccccc1. The first-order chi connectivity index (χ1) is 10.3. The number of para-hydroxylation sites is 2. The van der Waals surface area contributed by atoms with Crippen LogP contribution >= 0.6 is 23.2 Å². The Morgan fingerprint density at radius 3 is 2.38 bits per heavy atom. The molecule has 1 heterocycles. The van der Waals surface area contributed by atoms with Gasteiger partial charge in [0.1, 0.15) is 6.61 Å². The largest absolute Gasteiger partial charge is 0.482 e. The van der Waals surface area contributed by atoms with Gasteiger partial charge in [0.15, 0.2) is 11.6 Å². The van der Waals surface area contributed by atoms with Gasteiger partial charge >= 0.3 is 0 Å². The number of rotatable bonds is 4. The Balaban J connectivity index is 1.83. The number of benzene rings is 2. The number of tetrazole rings is 1. The average molecular weight is 321 g/mol. The van der Waals surface area contributed by atoms with Gasteiger partial charge in [-0.15, -0.1) is 5.10 Å². The van der Waals surface area contributed by atoms with Crippen molar-refractivity contribution in [3.8, 4) is 11.4 Å². The summed E-state index contributed by atoms with van der Waals surface area (Å²) in [7, 11) is 0. The van der Waals surface area contributed by atoms with Crippen LogP contribution in [0.25, 0.3) is 5.69 Å². The second-order valence-corrected chi connectivity index (χ2v) is 5.00. The Morgan fingerprint density at radius 2 is 1.67 bits per heavy atom. The lowest BCUT2D eigenvalue weighted by Crippen LogP contribution is -2.07. The molecule has 0 atom stereocenters. The molecule has 3 rings (SSSR count). The third kappa shape index (κ3) is 2.99. The van der Waals surface area contributed by atoms with Crippen molar-refractivity contribution in [3.63, 3.8) is 0 Å². The number of halogens is 2. The molecule has 0 saturated heterocycles. The summed E-state index contributed by atoms with van der Waals surface area (Å²) in [6.07, 6.45) is 0. The van der Waals surface area contributed by atoms with Gasteiger partial charge < -0.3 is 4.74 Å². The maximum absolute atomic E-state index is 6.06. The van der Waals surface area contributed by atoms with Gasteiger partial charge in [0.05, 0.1) is 15.7 Å². The molecule has 0 aliphatic carbocycles. The van der Waals surface area contributed by atoms with Gasteiger partial charge in [-0.3, -0.25) is 0 Å². The van der Waals surface area contributed by atoms with E-state index in [-0.39, 0.29) is 6.61 Å². The highest BCUT2D eigenvalue weighted by Gasteiger charge is 2.12. The zero-order valence-corrected chi connectivity index (χ0v) is 12.3. The lowest BCUT2D eigenvalue weighted by atomic mass is 10.3. The summed E-state index contributed by atoms with van der Waals surface area (Å²) in [4.78, 5) is 0. The highest BCUT2D eigenvalue weighted by Crippen LogP contribution is 2.32. The molecule has 0 N–H and O–H groups in total. The van der Waals surface area contributed by atoms with Crippen LogP contribution in [0.5, 0.6) is 5.75 Å². The number of ether oxygens (including phenoxy) is 1. The fourth-order valence-electron chi connectivity index (χ4n) is 1.82. The van der Waals surface area contributed by atoms with E-state index in [4.69, 9.17) is 27.9 Å². The Kier molecular flexibility index (Phi) is 4.03. The molecule has 0 radical (unpaired) electrons. The van der Waals surface area contributed by atoms with Gasteiger partial charge in [0, 0.05) is 0 Å². The zero-order chi connectivity index (χ0) is 14.7. The van der Waals surface area contributed by atoms with Gasteiger partial charge in [0.2, 0.25) is 0 Å². The van der Waals surface area contributed by atoms with Gasteiger partial charge in [-0.05, 0) is 34.7 Å². The topological polar surface area (TPSA) is 52.8 Å². The van der Waals surface area contributed by atoms with Crippen molar-refractivity contribution in [1.29, 1.82) is 0 Å². The molecule has 0 unspecified atom stereocenters. The third-order valence-electron chi connectivity index (χ3n) is 2.80. The summed E-state index contributed by atoms with van der Waals surface area (Å²) in [5.74, 6) is 0.973. The molecule has 21 heavy (non-hydrogen) atoms. The van der Waals surface area contributed by atoms with E-state index in [0.29, 0.717) is 21.6 Å². The maximum Gasteiger partial charge on any atom is 0.194 e. The lowest BCUT2D eigenvalue weighted by Gasteiger charge is -2.09. The van der Waals surface area contributed by atoms with Crippen molar-refractivity contribution >= 4 is 23.2 Å². The van der Waals surface area contributed by atoms with E-state index >= 15 is 0 Å². The Hall–Kier alpha value is -2.11. The molecule has 0 aliphatic rings. The van der Waals surface area contributed by atoms with Crippen molar-refractivity contribution in [2.75, 3.05) is 0 Å². The van der Waals surface area contributed by atoms with Gasteiger partial charge in [-0.1, -0.05) is 47.5 Å². The molecule has 3 aromatic rings. The highest BCUT2D eigenvalue weighted by atomic mass is 35.5. The van der Waals surface area contributed by atoms with Crippen LogP contribution in [0.2, 0.25) is 10.0 Å². The molecule has 5 nitrogen and oxygen atoms in total. The van der Waals surface area contributed by atoms with Crippen LogP contribution in [0.1, 0.15) is 5.82 Å². The minimum Gasteiger partial charge on any atom is -0.482 e. The summed E-state index contributed by atoms with van der Waals surface area (Å²) in [5, 5.41) is 12.5. The highest BCUT2D eigenvalue weighted by molar-refractivity contribution is 6.37. The second-order valence-electron chi connectivity index (χ2n) is 4.18. The van der Waals surface area contributed by atoms with Gasteiger partial charge in [0.25, 0.3) is 0 Å². The van der Waals surface area contributed by atoms with Crippen molar-refractivity contribution < 1.29 is 4.74 Å². The molecule has 7 heteroatoms. The smallest absolute Gasteiger partial charge is 0.194 e. The summed E-state index contributed by atoms with van der Waals surface area (Å²) in [6.45, 7) is 0.158. The van der Waals surface area contributed by atoms with Crippen LogP contribution in [0, 0.1) is 0 Å². The van der Waals surface area contributed by atoms with Gasteiger partial charge in [-0.2, -0.15) is 4.68 Å². The van der Waals surface area contributed by atoms with Crippen molar-refractivity contribution in [1.82, 2.24) is 20.2 Å². The molecule has 0 saturated carbocycles. The Morgan fingerprint density at radius 1 is 0.952 bits per heavy atom. The molecule has 106 valence electrons. The first-order valence-electron chi connectivity index (χ1n) is 6.15. The maximum atomic E-state index is 6.06. The molecule has 0 aliphatic heterocycles. The third-order valence-corrected chi connectivity index (χ3v) is 3.39. The molecule has 0 amide bonds. The number of aromatic nitrogens is 4. The molecule has 0 fully saturated rings. The van der Waals surface area contributed by atoms with Crippen molar-refractivity contribution in [3.05, 3.63) is 64.4 Å². The van der Waals surface area contributed by atoms with Crippen LogP contribution in [0.15, 0.2) is 48.5 Å². The number of hydrogen-bond donors (Lipinski definition) is 0. The minimum atomic E-state index is 0.158. The van der Waals surface area contributed by atoms with E-state index in [1.807, 2.05) is 30.3 Å². The minimum absolute atomic E-state index is 0.158. The summed E-state index contributed by atoms with van der Waals surface area (Å²) in [6, 6.07) is 14.7. The van der Waals surface area contributed by atoms with Crippen LogP contribution in [-0.2, 0) is 6.61 Å². The average Bonchev–Trinajstić information content (AvgIpc) is 2.96. The number of nitrogens with zero attached hydrogens (tertiary/aromatic N) is 4. The molecule has 1 aromatic heterocycles. The molecular weight excluding hydrogens is 311 g/mol. The van der Waals surface area contributed by atoms with Crippen LogP contribution in [-0.4, -0.2) is 20.2 Å². The van der Waals surface area contributed by atoms with Crippen LogP contribution < -0.4 is 4.74 Å². The van der Waals surface area contributed by atoms with Crippen molar-refractivity contribution in [2.45, 2.75) is 6.61 Å². The fourth-order valence-corrected chi connectivity index (χ4v) is 2.33. The zero-order valence-electron chi connectivity index (χ0n) is 10.8. The lowest BCUT2D eigenvalue weighted by molar-refractivity contribution is 0.292. The second kappa shape index (κ2) is 6.11. The fraction of sp³-hybridized carbons (Fsp3) is 0.0714. The molecule has 0 bridgehead atoms. The molecule has 2 aromatic carbocycles. The quantitative estimate of drug-likeness (QED) is 0.737. The summed E-state index contributed by atoms with van der Waals surface area (Å²) < 4.78 is 7.25. The van der Waals surface area contributed by atoms with E-state index in [0.717, 1.165) is 5.69 Å². The normalized spacial score (nSPS) is 10.6. The van der Waals surface area contributed by atoms with Crippen LogP contribution in [0.3, 0.4) is 0 Å². The Labute approximate surface area is 131 Å². The number of hydrogen-bond acceptors (Lipinski definition) is 4. The summed E-state index contributed by atoms with van der Waals surface area (Å²) >= 11 is 12.1. The van der Waals surface area contributed by atoms with E-state index in [2.05, 4.69) is 15.5 Å². The van der Waals surface area contributed by atoms with E-state index in [1.54, 1.807) is 22.9 Å². The predicted molar refractivity (Wildman–Crippen MR) is 79.9 cm³/mol. The Bertz CT molecular complexity index is 725. The van der Waals surface area contributed by atoms with E-state index in [9.17, 15) is 0 Å². The standard InChI is InChI=1S/C14H10Cl2N4O/c15-11-7-4-8-12(16)14(11)21-9-13-17-18-19-20(13)10-5-2-1-3-6-10/h1-8H,9H2. The van der Waals surface area contributed by atoms with E-state index < -0.39 is 0 Å². The first kappa shape index (κ1) is 13.9. The molecule has 0 spiro atoms. The monoisotopic (exact) mass is 320 g/mol. The first-order valence-corrected chi connectivity index (χ1v) is 6.91. The van der Waals surface area contributed by atoms with E-state index in [1.165, 1.54) is 0 Å². The van der Waals surface area contributed by atoms with Crippen LogP contribution in [0.4, 0.5) is 0 Å².